The molecule has 2 unspecified atom stereocenters. The van der Waals surface area contributed by atoms with E-state index < -0.39 is 0 Å². The Kier molecular flexibility index (Phi) is 4.80. The lowest BCUT2D eigenvalue weighted by Crippen LogP contribution is -2.39. The standard InChI is InChI=1S/C12H23N3O/c1-5-10(3)11(13-4)9-15-8-7-14(6-2)12(15)16/h7-8,10-11,13H,5-6,9H2,1-4H3. The van der Waals surface area contributed by atoms with Crippen LogP contribution in [0.25, 0.3) is 0 Å². The lowest BCUT2D eigenvalue weighted by atomic mass is 9.99. The fourth-order valence-corrected chi connectivity index (χ4v) is 1.89. The molecule has 0 saturated carbocycles. The number of rotatable bonds is 6. The number of likely N-dealkylation sites (N-methyl/N-ethyl adjacent to an activating group) is 1. The van der Waals surface area contributed by atoms with E-state index in [2.05, 4.69) is 19.2 Å². The molecule has 0 aliphatic carbocycles. The first kappa shape index (κ1) is 13.0. The second kappa shape index (κ2) is 5.89. The van der Waals surface area contributed by atoms with Gasteiger partial charge in [-0.1, -0.05) is 20.3 Å². The van der Waals surface area contributed by atoms with Crippen LogP contribution in [0.15, 0.2) is 17.2 Å². The Morgan fingerprint density at radius 2 is 1.94 bits per heavy atom. The maximum absolute atomic E-state index is 11.9. The van der Waals surface area contributed by atoms with Crippen LogP contribution in [0.5, 0.6) is 0 Å². The number of aryl methyl sites for hydroxylation is 1. The number of hydrogen-bond donors (Lipinski definition) is 1. The number of nitrogens with zero attached hydrogens (tertiary/aromatic N) is 2. The lowest BCUT2D eigenvalue weighted by Gasteiger charge is -2.22. The fraction of sp³-hybridized carbons (Fsp3) is 0.750. The quantitative estimate of drug-likeness (QED) is 0.792. The van der Waals surface area contributed by atoms with Crippen LogP contribution < -0.4 is 11.0 Å². The second-order valence-electron chi connectivity index (χ2n) is 4.30. The van der Waals surface area contributed by atoms with E-state index in [0.29, 0.717) is 12.0 Å². The molecule has 16 heavy (non-hydrogen) atoms. The highest BCUT2D eigenvalue weighted by molar-refractivity contribution is 4.84. The van der Waals surface area contributed by atoms with Crippen molar-refractivity contribution in [2.45, 2.75) is 46.3 Å². The molecule has 1 aromatic rings. The SMILES string of the molecule is CCC(C)C(Cn1ccn(CC)c1=O)NC. The molecule has 1 heterocycles. The zero-order valence-corrected chi connectivity index (χ0v) is 10.7. The summed E-state index contributed by atoms with van der Waals surface area (Å²) in [4.78, 5) is 11.9. The van der Waals surface area contributed by atoms with Gasteiger partial charge >= 0.3 is 5.69 Å². The second-order valence-corrected chi connectivity index (χ2v) is 4.30. The van der Waals surface area contributed by atoms with Crippen LogP contribution in [-0.4, -0.2) is 22.2 Å². The van der Waals surface area contributed by atoms with Gasteiger partial charge in [0.2, 0.25) is 0 Å². The topological polar surface area (TPSA) is 39.0 Å². The van der Waals surface area contributed by atoms with Gasteiger partial charge in [-0.25, -0.2) is 4.79 Å². The van der Waals surface area contributed by atoms with Gasteiger partial charge in [0.25, 0.3) is 0 Å². The molecule has 0 fully saturated rings. The van der Waals surface area contributed by atoms with Gasteiger partial charge < -0.3 is 5.32 Å². The molecule has 0 aliphatic rings. The molecule has 0 saturated heterocycles. The third-order valence-electron chi connectivity index (χ3n) is 3.35. The Hall–Kier alpha value is -1.03. The van der Waals surface area contributed by atoms with Crippen molar-refractivity contribution in [3.8, 4) is 0 Å². The number of imidazole rings is 1. The first-order chi connectivity index (χ1) is 7.63. The van der Waals surface area contributed by atoms with Gasteiger partial charge in [-0.15, -0.1) is 0 Å². The summed E-state index contributed by atoms with van der Waals surface area (Å²) in [6.45, 7) is 7.85. The predicted molar refractivity (Wildman–Crippen MR) is 66.7 cm³/mol. The van der Waals surface area contributed by atoms with Crippen LogP contribution in [0.3, 0.4) is 0 Å². The van der Waals surface area contributed by atoms with Crippen LogP contribution in [0, 0.1) is 5.92 Å². The summed E-state index contributed by atoms with van der Waals surface area (Å²) in [6.07, 6.45) is 4.85. The summed E-state index contributed by atoms with van der Waals surface area (Å²) in [5.74, 6) is 0.571. The zero-order chi connectivity index (χ0) is 12.1. The molecule has 1 N–H and O–H groups in total. The van der Waals surface area contributed by atoms with E-state index in [1.54, 1.807) is 9.13 Å². The average molecular weight is 225 g/mol. The molecule has 0 aromatic carbocycles. The van der Waals surface area contributed by atoms with Crippen molar-refractivity contribution in [3.05, 3.63) is 22.9 Å². The van der Waals surface area contributed by atoms with Crippen LogP contribution in [0.2, 0.25) is 0 Å². The summed E-state index contributed by atoms with van der Waals surface area (Å²) < 4.78 is 3.51. The van der Waals surface area contributed by atoms with E-state index in [9.17, 15) is 4.79 Å². The lowest BCUT2D eigenvalue weighted by molar-refractivity contribution is 0.343. The van der Waals surface area contributed by atoms with E-state index in [4.69, 9.17) is 0 Å². The number of hydrogen-bond acceptors (Lipinski definition) is 2. The Bertz CT molecular complexity index is 367. The first-order valence-electron chi connectivity index (χ1n) is 6.06. The summed E-state index contributed by atoms with van der Waals surface area (Å²) >= 11 is 0. The monoisotopic (exact) mass is 225 g/mol. The minimum atomic E-state index is 0.0889. The molecular weight excluding hydrogens is 202 g/mol. The first-order valence-corrected chi connectivity index (χ1v) is 6.06. The molecule has 4 heteroatoms. The van der Waals surface area contributed by atoms with Crippen LogP contribution >= 0.6 is 0 Å². The minimum absolute atomic E-state index is 0.0889. The fourth-order valence-electron chi connectivity index (χ4n) is 1.89. The molecule has 2 atom stereocenters. The van der Waals surface area contributed by atoms with E-state index in [0.717, 1.165) is 19.5 Å². The van der Waals surface area contributed by atoms with Crippen molar-refractivity contribution in [1.82, 2.24) is 14.5 Å². The molecule has 1 rings (SSSR count). The molecule has 0 bridgehead atoms. The van der Waals surface area contributed by atoms with Gasteiger partial charge in [-0.3, -0.25) is 9.13 Å². The summed E-state index contributed by atoms with van der Waals surface area (Å²) in [6, 6.07) is 0.357. The van der Waals surface area contributed by atoms with Gasteiger partial charge in [-0.2, -0.15) is 0 Å². The highest BCUT2D eigenvalue weighted by Gasteiger charge is 2.15. The van der Waals surface area contributed by atoms with Crippen molar-refractivity contribution in [1.29, 1.82) is 0 Å². The Balaban J connectivity index is 2.78. The highest BCUT2D eigenvalue weighted by Crippen LogP contribution is 2.08. The Morgan fingerprint density at radius 1 is 1.31 bits per heavy atom. The summed E-state index contributed by atoms with van der Waals surface area (Å²) in [5, 5.41) is 3.29. The largest absolute Gasteiger partial charge is 0.328 e. The average Bonchev–Trinajstić information content (AvgIpc) is 2.66. The highest BCUT2D eigenvalue weighted by atomic mass is 16.1. The Morgan fingerprint density at radius 3 is 2.38 bits per heavy atom. The van der Waals surface area contributed by atoms with Crippen LogP contribution in [0.1, 0.15) is 27.2 Å². The molecular formula is C12H23N3O. The van der Waals surface area contributed by atoms with Gasteiger partial charge in [0, 0.05) is 31.5 Å². The molecule has 1 aromatic heterocycles. The molecule has 0 radical (unpaired) electrons. The third-order valence-corrected chi connectivity index (χ3v) is 3.35. The normalized spacial score (nSPS) is 15.0. The maximum atomic E-state index is 11.9. The summed E-state index contributed by atoms with van der Waals surface area (Å²) in [7, 11) is 1.96. The van der Waals surface area contributed by atoms with E-state index in [-0.39, 0.29) is 5.69 Å². The van der Waals surface area contributed by atoms with E-state index >= 15 is 0 Å². The Labute approximate surface area is 97.3 Å². The molecule has 0 spiro atoms. The maximum Gasteiger partial charge on any atom is 0.328 e. The summed E-state index contributed by atoms with van der Waals surface area (Å²) in [5.41, 5.74) is 0.0889. The van der Waals surface area contributed by atoms with Crippen molar-refractivity contribution in [3.63, 3.8) is 0 Å². The zero-order valence-electron chi connectivity index (χ0n) is 10.7. The molecule has 0 amide bonds. The van der Waals surface area contributed by atoms with Crippen molar-refractivity contribution in [2.75, 3.05) is 7.05 Å². The van der Waals surface area contributed by atoms with Gasteiger partial charge in [0.1, 0.15) is 0 Å². The van der Waals surface area contributed by atoms with Gasteiger partial charge in [0.05, 0.1) is 0 Å². The van der Waals surface area contributed by atoms with E-state index in [1.165, 1.54) is 0 Å². The predicted octanol–water partition coefficient (Wildman–Crippen LogP) is 1.30. The molecule has 0 aliphatic heterocycles. The van der Waals surface area contributed by atoms with E-state index in [1.807, 2.05) is 26.4 Å². The van der Waals surface area contributed by atoms with Crippen molar-refractivity contribution in [2.24, 2.45) is 5.92 Å². The van der Waals surface area contributed by atoms with Gasteiger partial charge in [-0.05, 0) is 19.9 Å². The smallest absolute Gasteiger partial charge is 0.315 e. The molecule has 4 nitrogen and oxygen atoms in total. The van der Waals surface area contributed by atoms with Crippen molar-refractivity contribution < 1.29 is 0 Å². The number of nitrogens with one attached hydrogen (secondary N) is 1. The van der Waals surface area contributed by atoms with Crippen LogP contribution in [-0.2, 0) is 13.1 Å². The van der Waals surface area contributed by atoms with Crippen LogP contribution in [0.4, 0.5) is 0 Å². The van der Waals surface area contributed by atoms with Crippen molar-refractivity contribution >= 4 is 0 Å². The number of aromatic nitrogens is 2. The molecule has 92 valence electrons. The minimum Gasteiger partial charge on any atom is -0.315 e. The van der Waals surface area contributed by atoms with Gasteiger partial charge in [0.15, 0.2) is 0 Å². The third kappa shape index (κ3) is 2.76.